The zero-order valence-electron chi connectivity index (χ0n) is 14.0. The van der Waals surface area contributed by atoms with Gasteiger partial charge in [0.05, 0.1) is 11.8 Å². The van der Waals surface area contributed by atoms with Gasteiger partial charge in [0.15, 0.2) is 0 Å². The minimum absolute atomic E-state index is 0.345. The van der Waals surface area contributed by atoms with Crippen molar-refractivity contribution in [3.8, 4) is 0 Å². The van der Waals surface area contributed by atoms with Gasteiger partial charge in [-0.1, -0.05) is 13.3 Å². The van der Waals surface area contributed by atoms with Crippen LogP contribution in [0.25, 0.3) is 0 Å². The Bertz CT molecular complexity index is 582. The third-order valence-corrected chi connectivity index (χ3v) is 6.86. The van der Waals surface area contributed by atoms with E-state index in [1.165, 1.54) is 0 Å². The molecule has 1 N–H and O–H groups in total. The average Bonchev–Trinajstić information content (AvgIpc) is 2.90. The molecule has 0 bridgehead atoms. The van der Waals surface area contributed by atoms with E-state index in [4.69, 9.17) is 0 Å². The maximum absolute atomic E-state index is 12.3. The van der Waals surface area contributed by atoms with Crippen molar-refractivity contribution in [2.45, 2.75) is 51.4 Å². The number of aryl methyl sites for hydroxylation is 1. The van der Waals surface area contributed by atoms with Crippen molar-refractivity contribution < 1.29 is 8.42 Å². The highest BCUT2D eigenvalue weighted by molar-refractivity contribution is 7.89. The summed E-state index contributed by atoms with van der Waals surface area (Å²) in [7, 11) is -1.16. The second-order valence-corrected chi connectivity index (χ2v) is 8.84. The van der Waals surface area contributed by atoms with Gasteiger partial charge in [-0.15, -0.1) is 0 Å². The molecule has 0 aromatic carbocycles. The van der Waals surface area contributed by atoms with Crippen molar-refractivity contribution >= 4 is 10.0 Å². The minimum Gasteiger partial charge on any atom is -0.337 e. The van der Waals surface area contributed by atoms with Gasteiger partial charge in [-0.2, -0.15) is 0 Å². The minimum atomic E-state index is -3.14. The fourth-order valence-electron chi connectivity index (χ4n) is 3.00. The SMILES string of the molecule is CC[C@@H]1CN(S(=O)(=O)C(C)C)CC[C@H]1NCc1nccn1C. The standard InChI is InChI=1S/C15H28N4O2S/c1-5-13-11-19(22(20,21)12(2)3)8-6-14(13)17-10-15-16-7-9-18(15)4/h7,9,12-14,17H,5-6,8,10-11H2,1-4H3/t13-,14-/m1/s1. The van der Waals surface area contributed by atoms with Crippen LogP contribution in [-0.4, -0.2) is 46.7 Å². The molecule has 7 heteroatoms. The molecule has 1 fully saturated rings. The summed E-state index contributed by atoms with van der Waals surface area (Å²) in [4.78, 5) is 4.32. The van der Waals surface area contributed by atoms with Crippen molar-refractivity contribution in [1.82, 2.24) is 19.2 Å². The Balaban J connectivity index is 1.97. The Morgan fingerprint density at radius 1 is 1.45 bits per heavy atom. The molecule has 1 aromatic heterocycles. The maximum atomic E-state index is 12.3. The van der Waals surface area contributed by atoms with Crippen molar-refractivity contribution in [2.75, 3.05) is 13.1 Å². The van der Waals surface area contributed by atoms with Crippen LogP contribution in [-0.2, 0) is 23.6 Å². The van der Waals surface area contributed by atoms with E-state index in [0.29, 0.717) is 25.0 Å². The lowest BCUT2D eigenvalue weighted by Gasteiger charge is -2.38. The Hall–Kier alpha value is -0.920. The highest BCUT2D eigenvalue weighted by Gasteiger charge is 2.35. The third-order valence-electron chi connectivity index (χ3n) is 4.62. The van der Waals surface area contributed by atoms with Gasteiger partial charge in [0, 0.05) is 38.6 Å². The normalized spacial score (nSPS) is 24.0. The van der Waals surface area contributed by atoms with Gasteiger partial charge in [0.1, 0.15) is 5.82 Å². The molecule has 0 unspecified atom stereocenters. The first-order chi connectivity index (χ1) is 10.4. The largest absolute Gasteiger partial charge is 0.337 e. The van der Waals surface area contributed by atoms with Crippen molar-refractivity contribution in [2.24, 2.45) is 13.0 Å². The molecule has 1 aliphatic heterocycles. The summed E-state index contributed by atoms with van der Waals surface area (Å²) in [5.74, 6) is 1.36. The molecule has 1 aromatic rings. The number of aromatic nitrogens is 2. The van der Waals surface area contributed by atoms with Crippen LogP contribution in [0.1, 0.15) is 39.4 Å². The number of sulfonamides is 1. The van der Waals surface area contributed by atoms with Crippen LogP contribution in [0.3, 0.4) is 0 Å². The van der Waals surface area contributed by atoms with E-state index < -0.39 is 10.0 Å². The molecular weight excluding hydrogens is 300 g/mol. The molecule has 2 heterocycles. The average molecular weight is 328 g/mol. The first kappa shape index (κ1) is 17.4. The van der Waals surface area contributed by atoms with E-state index in [-0.39, 0.29) is 5.25 Å². The van der Waals surface area contributed by atoms with Crippen LogP contribution in [0, 0.1) is 5.92 Å². The molecule has 0 spiro atoms. The fourth-order valence-corrected chi connectivity index (χ4v) is 4.36. The number of hydrogen-bond acceptors (Lipinski definition) is 4. The van der Waals surface area contributed by atoms with Crippen LogP contribution in [0.15, 0.2) is 12.4 Å². The number of nitrogens with one attached hydrogen (secondary N) is 1. The van der Waals surface area contributed by atoms with Gasteiger partial charge >= 0.3 is 0 Å². The van der Waals surface area contributed by atoms with E-state index in [9.17, 15) is 8.42 Å². The maximum Gasteiger partial charge on any atom is 0.216 e. The molecular formula is C15H28N4O2S. The van der Waals surface area contributed by atoms with E-state index in [0.717, 1.165) is 25.2 Å². The van der Waals surface area contributed by atoms with E-state index >= 15 is 0 Å². The molecule has 2 atom stereocenters. The number of imidazole rings is 1. The van der Waals surface area contributed by atoms with Crippen LogP contribution in [0.4, 0.5) is 0 Å². The van der Waals surface area contributed by atoms with E-state index in [1.807, 2.05) is 17.8 Å². The zero-order valence-corrected chi connectivity index (χ0v) is 14.8. The highest BCUT2D eigenvalue weighted by atomic mass is 32.2. The number of rotatable bonds is 6. The first-order valence-electron chi connectivity index (χ1n) is 8.04. The lowest BCUT2D eigenvalue weighted by Crippen LogP contribution is -2.52. The van der Waals surface area contributed by atoms with Crippen LogP contribution in [0.5, 0.6) is 0 Å². The predicted octanol–water partition coefficient (Wildman–Crippen LogP) is 1.35. The van der Waals surface area contributed by atoms with Crippen molar-refractivity contribution in [3.63, 3.8) is 0 Å². The lowest BCUT2D eigenvalue weighted by atomic mass is 9.91. The summed E-state index contributed by atoms with van der Waals surface area (Å²) in [6.45, 7) is 7.58. The molecule has 22 heavy (non-hydrogen) atoms. The smallest absolute Gasteiger partial charge is 0.216 e. The lowest BCUT2D eigenvalue weighted by molar-refractivity contribution is 0.199. The Morgan fingerprint density at radius 2 is 2.18 bits per heavy atom. The summed E-state index contributed by atoms with van der Waals surface area (Å²) in [6.07, 6.45) is 5.56. The van der Waals surface area contributed by atoms with Crippen LogP contribution in [0.2, 0.25) is 0 Å². The molecule has 1 aliphatic rings. The highest BCUT2D eigenvalue weighted by Crippen LogP contribution is 2.24. The molecule has 6 nitrogen and oxygen atoms in total. The summed E-state index contributed by atoms with van der Waals surface area (Å²) >= 11 is 0. The van der Waals surface area contributed by atoms with Crippen LogP contribution >= 0.6 is 0 Å². The van der Waals surface area contributed by atoms with Gasteiger partial charge in [-0.3, -0.25) is 0 Å². The summed E-state index contributed by atoms with van der Waals surface area (Å²) < 4.78 is 28.3. The van der Waals surface area contributed by atoms with Gasteiger partial charge in [-0.25, -0.2) is 17.7 Å². The molecule has 2 rings (SSSR count). The Morgan fingerprint density at radius 3 is 2.73 bits per heavy atom. The Kier molecular flexibility index (Phi) is 5.63. The van der Waals surface area contributed by atoms with Gasteiger partial charge in [0.2, 0.25) is 10.0 Å². The molecule has 0 aliphatic carbocycles. The summed E-state index contributed by atoms with van der Waals surface area (Å²) in [5, 5.41) is 3.22. The van der Waals surface area contributed by atoms with Gasteiger partial charge in [-0.05, 0) is 26.2 Å². The fraction of sp³-hybridized carbons (Fsp3) is 0.800. The van der Waals surface area contributed by atoms with Gasteiger partial charge < -0.3 is 9.88 Å². The molecule has 0 amide bonds. The summed E-state index contributed by atoms with van der Waals surface area (Å²) in [6, 6.07) is 0.348. The quantitative estimate of drug-likeness (QED) is 0.856. The number of nitrogens with zero attached hydrogens (tertiary/aromatic N) is 3. The molecule has 0 saturated carbocycles. The predicted molar refractivity (Wildman–Crippen MR) is 87.9 cm³/mol. The van der Waals surface area contributed by atoms with Gasteiger partial charge in [0.25, 0.3) is 0 Å². The topological polar surface area (TPSA) is 67.2 Å². The van der Waals surface area contributed by atoms with E-state index in [2.05, 4.69) is 17.2 Å². The third kappa shape index (κ3) is 3.70. The van der Waals surface area contributed by atoms with Crippen LogP contribution < -0.4 is 5.32 Å². The monoisotopic (exact) mass is 328 g/mol. The van der Waals surface area contributed by atoms with Crippen molar-refractivity contribution in [3.05, 3.63) is 18.2 Å². The Labute approximate surface area is 134 Å². The number of hydrogen-bond donors (Lipinski definition) is 1. The molecule has 0 radical (unpaired) electrons. The first-order valence-corrected chi connectivity index (χ1v) is 9.55. The zero-order chi connectivity index (χ0) is 16.3. The number of piperidine rings is 1. The second-order valence-electron chi connectivity index (χ2n) is 6.35. The van der Waals surface area contributed by atoms with E-state index in [1.54, 1.807) is 24.3 Å². The van der Waals surface area contributed by atoms with Crippen molar-refractivity contribution in [1.29, 1.82) is 0 Å². The second kappa shape index (κ2) is 7.10. The summed E-state index contributed by atoms with van der Waals surface area (Å²) in [5.41, 5.74) is 0. The molecule has 126 valence electrons. The molecule has 1 saturated heterocycles.